The molecule has 0 unspecified atom stereocenters. The van der Waals surface area contributed by atoms with Gasteiger partial charge in [-0.3, -0.25) is 5.32 Å². The second kappa shape index (κ2) is 5.64. The van der Waals surface area contributed by atoms with Gasteiger partial charge in [0.05, 0.1) is 12.7 Å². The summed E-state index contributed by atoms with van der Waals surface area (Å²) in [6.45, 7) is 0. The summed E-state index contributed by atoms with van der Waals surface area (Å²) < 4.78 is 42.4. The second-order valence-electron chi connectivity index (χ2n) is 3.02. The predicted octanol–water partition coefficient (Wildman–Crippen LogP) is 3.46. The average molecular weight is 276 g/mol. The fourth-order valence-electron chi connectivity index (χ4n) is 1.14. The molecule has 4 nitrogen and oxygen atoms in total. The minimum Gasteiger partial charge on any atom is -0.453 e. The van der Waals surface area contributed by atoms with Gasteiger partial charge in [0.15, 0.2) is 0 Å². The molecule has 0 saturated carbocycles. The maximum atomic E-state index is 12.7. The molecule has 0 atom stereocenters. The Balaban J connectivity index is 3.14. The molecule has 1 aromatic rings. The molecule has 18 heavy (non-hydrogen) atoms. The number of benzene rings is 1. The highest BCUT2D eigenvalue weighted by Crippen LogP contribution is 2.37. The van der Waals surface area contributed by atoms with Crippen molar-refractivity contribution in [1.29, 1.82) is 5.26 Å². The summed E-state index contributed by atoms with van der Waals surface area (Å²) in [6, 6.07) is 3.12. The number of nitriles is 1. The molecule has 0 saturated heterocycles. The van der Waals surface area contributed by atoms with Crippen LogP contribution in [0.15, 0.2) is 23.1 Å². The Kier molecular flexibility index (Phi) is 4.44. The van der Waals surface area contributed by atoms with Gasteiger partial charge >= 0.3 is 12.3 Å². The highest BCUT2D eigenvalue weighted by Gasteiger charge is 2.34. The number of thiocyanates is 1. The Bertz CT molecular complexity index is 497. The van der Waals surface area contributed by atoms with Crippen molar-refractivity contribution in [2.24, 2.45) is 0 Å². The second-order valence-corrected chi connectivity index (χ2v) is 3.85. The van der Waals surface area contributed by atoms with Gasteiger partial charge in [-0.25, -0.2) is 4.79 Å². The standard InChI is InChI=1S/C10H7F3N2O2S/c1-17-9(16)15-6-2-3-8(18-5-14)7(4-6)10(11,12)13/h2-4H,1H3,(H,15,16). The number of hydrogen-bond acceptors (Lipinski definition) is 4. The van der Waals surface area contributed by atoms with Crippen molar-refractivity contribution >= 4 is 23.5 Å². The molecule has 1 amide bonds. The van der Waals surface area contributed by atoms with Crippen molar-refractivity contribution in [2.75, 3.05) is 12.4 Å². The third kappa shape index (κ3) is 3.56. The van der Waals surface area contributed by atoms with Crippen LogP contribution < -0.4 is 5.32 Å². The van der Waals surface area contributed by atoms with Crippen LogP contribution in [0.3, 0.4) is 0 Å². The van der Waals surface area contributed by atoms with Gasteiger partial charge in [0, 0.05) is 10.6 Å². The van der Waals surface area contributed by atoms with Crippen LogP contribution in [0.25, 0.3) is 0 Å². The molecule has 0 fully saturated rings. The number of ether oxygens (including phenoxy) is 1. The first-order chi connectivity index (χ1) is 8.38. The van der Waals surface area contributed by atoms with Crippen molar-refractivity contribution < 1.29 is 22.7 Å². The maximum absolute atomic E-state index is 12.7. The Labute approximate surface area is 105 Å². The number of carbonyl (C=O) groups excluding carboxylic acids is 1. The number of halogens is 3. The lowest BCUT2D eigenvalue weighted by Crippen LogP contribution is -2.13. The third-order valence-electron chi connectivity index (χ3n) is 1.87. The highest BCUT2D eigenvalue weighted by molar-refractivity contribution is 8.03. The first kappa shape index (κ1) is 14.2. The summed E-state index contributed by atoms with van der Waals surface area (Å²) in [7, 11) is 1.10. The van der Waals surface area contributed by atoms with Gasteiger partial charge in [-0.1, -0.05) is 0 Å². The first-order valence-electron chi connectivity index (χ1n) is 4.50. The quantitative estimate of drug-likeness (QED) is 0.663. The molecule has 1 rings (SSSR count). The lowest BCUT2D eigenvalue weighted by atomic mass is 10.2. The molecule has 0 heterocycles. The number of amides is 1. The van der Waals surface area contributed by atoms with Gasteiger partial charge in [0.2, 0.25) is 0 Å². The highest BCUT2D eigenvalue weighted by atomic mass is 32.2. The molecule has 0 aromatic heterocycles. The van der Waals surface area contributed by atoms with Gasteiger partial charge in [0.1, 0.15) is 5.40 Å². The van der Waals surface area contributed by atoms with Gasteiger partial charge in [-0.2, -0.15) is 18.4 Å². The third-order valence-corrected chi connectivity index (χ3v) is 2.54. The van der Waals surface area contributed by atoms with Crippen LogP contribution in [0.4, 0.5) is 23.7 Å². The summed E-state index contributed by atoms with van der Waals surface area (Å²) in [4.78, 5) is 10.7. The van der Waals surface area contributed by atoms with E-state index in [4.69, 9.17) is 5.26 Å². The van der Waals surface area contributed by atoms with Gasteiger partial charge in [0.25, 0.3) is 0 Å². The molecular weight excluding hydrogens is 269 g/mol. The normalized spacial score (nSPS) is 10.6. The molecule has 96 valence electrons. The number of rotatable bonds is 2. The van der Waals surface area contributed by atoms with Crippen LogP contribution in [0.5, 0.6) is 0 Å². The first-order valence-corrected chi connectivity index (χ1v) is 5.32. The van der Waals surface area contributed by atoms with E-state index in [9.17, 15) is 18.0 Å². The van der Waals surface area contributed by atoms with Crippen LogP contribution in [-0.4, -0.2) is 13.2 Å². The van der Waals surface area contributed by atoms with E-state index in [1.165, 1.54) is 6.07 Å². The lowest BCUT2D eigenvalue weighted by Gasteiger charge is -2.12. The van der Waals surface area contributed by atoms with Gasteiger partial charge < -0.3 is 4.74 Å². The van der Waals surface area contributed by atoms with Gasteiger partial charge in [-0.15, -0.1) is 0 Å². The summed E-state index contributed by atoms with van der Waals surface area (Å²) in [5.41, 5.74) is -1.04. The van der Waals surface area contributed by atoms with Crippen molar-refractivity contribution in [3.63, 3.8) is 0 Å². The molecule has 1 N–H and O–H groups in total. The molecule has 0 bridgehead atoms. The van der Waals surface area contributed by atoms with E-state index >= 15 is 0 Å². The molecule has 0 aliphatic carbocycles. The van der Waals surface area contributed by atoms with E-state index in [0.29, 0.717) is 11.8 Å². The smallest absolute Gasteiger partial charge is 0.417 e. The number of nitrogens with one attached hydrogen (secondary N) is 1. The van der Waals surface area contributed by atoms with Crippen molar-refractivity contribution in [3.05, 3.63) is 23.8 Å². The zero-order chi connectivity index (χ0) is 13.8. The zero-order valence-electron chi connectivity index (χ0n) is 9.04. The van der Waals surface area contributed by atoms with Crippen molar-refractivity contribution in [2.45, 2.75) is 11.1 Å². The average Bonchev–Trinajstić information content (AvgIpc) is 2.30. The number of methoxy groups -OCH3 is 1. The van der Waals surface area contributed by atoms with E-state index in [2.05, 4.69) is 10.1 Å². The van der Waals surface area contributed by atoms with Crippen molar-refractivity contribution in [1.82, 2.24) is 0 Å². The van der Waals surface area contributed by atoms with Crippen LogP contribution in [-0.2, 0) is 10.9 Å². The summed E-state index contributed by atoms with van der Waals surface area (Å²) in [5, 5.41) is 12.1. The van der Waals surface area contributed by atoms with Crippen LogP contribution in [0.1, 0.15) is 5.56 Å². The van der Waals surface area contributed by atoms with Crippen LogP contribution in [0, 0.1) is 10.7 Å². The van der Waals surface area contributed by atoms with E-state index in [1.54, 1.807) is 5.40 Å². The Morgan fingerprint density at radius 3 is 2.67 bits per heavy atom. The number of nitrogens with zero attached hydrogens (tertiary/aromatic N) is 1. The van der Waals surface area contributed by atoms with Crippen LogP contribution in [0.2, 0.25) is 0 Å². The summed E-state index contributed by atoms with van der Waals surface area (Å²) in [6.07, 6.45) is -5.48. The summed E-state index contributed by atoms with van der Waals surface area (Å²) in [5.74, 6) is 0. The van der Waals surface area contributed by atoms with Gasteiger partial charge in [-0.05, 0) is 30.0 Å². The molecule has 0 aliphatic heterocycles. The fourth-order valence-corrected chi connectivity index (χ4v) is 1.66. The molecule has 0 aliphatic rings. The zero-order valence-corrected chi connectivity index (χ0v) is 9.85. The van der Waals surface area contributed by atoms with Crippen LogP contribution >= 0.6 is 11.8 Å². The predicted molar refractivity (Wildman–Crippen MR) is 58.9 cm³/mol. The number of anilines is 1. The molecule has 8 heteroatoms. The Morgan fingerprint density at radius 2 is 2.17 bits per heavy atom. The number of alkyl halides is 3. The minimum absolute atomic E-state index is 0.0588. The molecular formula is C10H7F3N2O2S. The lowest BCUT2D eigenvalue weighted by molar-refractivity contribution is -0.139. The summed E-state index contributed by atoms with van der Waals surface area (Å²) >= 11 is 0.404. The van der Waals surface area contributed by atoms with Crippen molar-refractivity contribution in [3.8, 4) is 5.40 Å². The number of carbonyl (C=O) groups is 1. The minimum atomic E-state index is -4.60. The number of thioether (sulfide) groups is 1. The fraction of sp³-hybridized carbons (Fsp3) is 0.200. The SMILES string of the molecule is COC(=O)Nc1ccc(SC#N)c(C(F)(F)F)c1. The topological polar surface area (TPSA) is 62.1 Å². The van der Waals surface area contributed by atoms with E-state index in [0.717, 1.165) is 19.2 Å². The molecule has 1 aromatic carbocycles. The largest absolute Gasteiger partial charge is 0.453 e. The Hall–Kier alpha value is -1.88. The maximum Gasteiger partial charge on any atom is 0.417 e. The Morgan fingerprint density at radius 1 is 1.50 bits per heavy atom. The number of hydrogen-bond donors (Lipinski definition) is 1. The monoisotopic (exact) mass is 276 g/mol. The van der Waals surface area contributed by atoms with E-state index in [-0.39, 0.29) is 10.6 Å². The van der Waals surface area contributed by atoms with E-state index in [1.807, 2.05) is 0 Å². The molecule has 0 spiro atoms. The van der Waals surface area contributed by atoms with E-state index < -0.39 is 17.8 Å². The molecule has 0 radical (unpaired) electrons.